The highest BCUT2D eigenvalue weighted by molar-refractivity contribution is 7.89. The van der Waals surface area contributed by atoms with Gasteiger partial charge in [0.15, 0.2) is 0 Å². The van der Waals surface area contributed by atoms with Gasteiger partial charge in [-0.2, -0.15) is 0 Å². The first kappa shape index (κ1) is 13.6. The predicted molar refractivity (Wildman–Crippen MR) is 69.4 cm³/mol. The van der Waals surface area contributed by atoms with Crippen LogP contribution in [0, 0.1) is 5.82 Å². The van der Waals surface area contributed by atoms with Crippen LogP contribution in [0.2, 0.25) is 0 Å². The summed E-state index contributed by atoms with van der Waals surface area (Å²) in [4.78, 5) is 3.97. The number of sulfonamides is 1. The molecule has 6 heteroatoms. The Balaban J connectivity index is 2.23. The van der Waals surface area contributed by atoms with E-state index in [1.54, 1.807) is 31.3 Å². The lowest BCUT2D eigenvalue weighted by Gasteiger charge is -2.13. The molecule has 4 nitrogen and oxygen atoms in total. The normalized spacial score (nSPS) is 13.2. The van der Waals surface area contributed by atoms with Crippen LogP contribution in [-0.2, 0) is 10.0 Å². The molecule has 19 heavy (non-hydrogen) atoms. The van der Waals surface area contributed by atoms with Gasteiger partial charge in [-0.25, -0.2) is 17.5 Å². The van der Waals surface area contributed by atoms with Gasteiger partial charge in [-0.05, 0) is 37.3 Å². The molecule has 100 valence electrons. The average Bonchev–Trinajstić information content (AvgIpc) is 2.39. The van der Waals surface area contributed by atoms with Crippen LogP contribution in [0.25, 0.3) is 0 Å². The van der Waals surface area contributed by atoms with Crippen molar-refractivity contribution in [1.82, 2.24) is 9.71 Å². The zero-order chi connectivity index (χ0) is 13.9. The lowest BCUT2D eigenvalue weighted by Crippen LogP contribution is -2.27. The molecule has 0 saturated carbocycles. The van der Waals surface area contributed by atoms with Gasteiger partial charge in [0, 0.05) is 6.20 Å². The third-order valence-electron chi connectivity index (χ3n) is 2.57. The van der Waals surface area contributed by atoms with E-state index < -0.39 is 21.9 Å². The number of nitrogens with zero attached hydrogens (tertiary/aromatic N) is 1. The minimum Gasteiger partial charge on any atom is -0.260 e. The maximum Gasteiger partial charge on any atom is 0.241 e. The SMILES string of the molecule is C[C@@H](NS(=O)(=O)c1cccc(F)c1)c1ccccn1. The third kappa shape index (κ3) is 3.36. The maximum atomic E-state index is 13.1. The van der Waals surface area contributed by atoms with Gasteiger partial charge in [0.1, 0.15) is 5.82 Å². The molecule has 1 heterocycles. The molecule has 2 aromatic rings. The van der Waals surface area contributed by atoms with Gasteiger partial charge in [-0.1, -0.05) is 12.1 Å². The van der Waals surface area contributed by atoms with Crippen molar-refractivity contribution in [3.63, 3.8) is 0 Å². The van der Waals surface area contributed by atoms with Crippen LogP contribution < -0.4 is 4.72 Å². The molecule has 0 spiro atoms. The van der Waals surface area contributed by atoms with Gasteiger partial charge in [0.05, 0.1) is 16.6 Å². The molecule has 0 radical (unpaired) electrons. The van der Waals surface area contributed by atoms with E-state index >= 15 is 0 Å². The number of aromatic nitrogens is 1. The summed E-state index contributed by atoms with van der Waals surface area (Å²) >= 11 is 0. The van der Waals surface area contributed by atoms with Crippen LogP contribution in [0.5, 0.6) is 0 Å². The molecule has 0 aliphatic heterocycles. The number of nitrogens with one attached hydrogen (secondary N) is 1. The summed E-state index contributed by atoms with van der Waals surface area (Å²) in [7, 11) is -3.76. The molecule has 0 aliphatic carbocycles. The summed E-state index contributed by atoms with van der Waals surface area (Å²) < 4.78 is 39.6. The fourth-order valence-corrected chi connectivity index (χ4v) is 2.88. The third-order valence-corrected chi connectivity index (χ3v) is 4.11. The second-order valence-corrected chi connectivity index (χ2v) is 5.77. The number of pyridine rings is 1. The molecular formula is C13H13FN2O2S. The first-order chi connectivity index (χ1) is 8.99. The lowest BCUT2D eigenvalue weighted by molar-refractivity contribution is 0.561. The Bertz CT molecular complexity index is 659. The van der Waals surface area contributed by atoms with E-state index in [2.05, 4.69) is 9.71 Å². The monoisotopic (exact) mass is 280 g/mol. The minimum absolute atomic E-state index is 0.102. The predicted octanol–water partition coefficient (Wildman–Crippen LogP) is 2.26. The van der Waals surface area contributed by atoms with E-state index in [0.29, 0.717) is 5.69 Å². The Morgan fingerprint density at radius 3 is 2.63 bits per heavy atom. The van der Waals surface area contributed by atoms with Crippen molar-refractivity contribution in [2.24, 2.45) is 0 Å². The molecule has 1 N–H and O–H groups in total. The Kier molecular flexibility index (Phi) is 3.92. The van der Waals surface area contributed by atoms with E-state index in [4.69, 9.17) is 0 Å². The van der Waals surface area contributed by atoms with Crippen LogP contribution in [0.3, 0.4) is 0 Å². The first-order valence-corrected chi connectivity index (χ1v) is 7.16. The standard InChI is InChI=1S/C13H13FN2O2S/c1-10(13-7-2-3-8-15-13)16-19(17,18)12-6-4-5-11(14)9-12/h2-10,16H,1H3/t10-/m1/s1. The number of hydrogen-bond acceptors (Lipinski definition) is 3. The molecule has 0 saturated heterocycles. The Labute approximate surface area is 111 Å². The van der Waals surface area contributed by atoms with E-state index in [1.807, 2.05) is 0 Å². The number of rotatable bonds is 4. The van der Waals surface area contributed by atoms with Crippen LogP contribution in [0.15, 0.2) is 53.6 Å². The fraction of sp³-hybridized carbons (Fsp3) is 0.154. The van der Waals surface area contributed by atoms with Crippen molar-refractivity contribution in [2.75, 3.05) is 0 Å². The van der Waals surface area contributed by atoms with Crippen molar-refractivity contribution < 1.29 is 12.8 Å². The summed E-state index contributed by atoms with van der Waals surface area (Å²) in [5, 5.41) is 0. The smallest absolute Gasteiger partial charge is 0.241 e. The highest BCUT2D eigenvalue weighted by atomic mass is 32.2. The number of hydrogen-bond donors (Lipinski definition) is 1. The summed E-state index contributed by atoms with van der Waals surface area (Å²) in [5.74, 6) is -0.589. The van der Waals surface area contributed by atoms with Gasteiger partial charge in [-0.15, -0.1) is 0 Å². The van der Waals surface area contributed by atoms with Crippen LogP contribution >= 0.6 is 0 Å². The lowest BCUT2D eigenvalue weighted by atomic mass is 10.2. The largest absolute Gasteiger partial charge is 0.260 e. The molecule has 0 aliphatic rings. The van der Waals surface area contributed by atoms with E-state index in [0.717, 1.165) is 6.07 Å². The van der Waals surface area contributed by atoms with Crippen LogP contribution in [0.4, 0.5) is 4.39 Å². The Hall–Kier alpha value is -1.79. The van der Waals surface area contributed by atoms with E-state index in [9.17, 15) is 12.8 Å². The van der Waals surface area contributed by atoms with E-state index in [-0.39, 0.29) is 4.90 Å². The summed E-state index contributed by atoms with van der Waals surface area (Å²) in [5.41, 5.74) is 0.600. The van der Waals surface area contributed by atoms with Gasteiger partial charge < -0.3 is 0 Å². The topological polar surface area (TPSA) is 59.1 Å². The van der Waals surface area contributed by atoms with Crippen molar-refractivity contribution in [3.8, 4) is 0 Å². The summed E-state index contributed by atoms with van der Waals surface area (Å²) in [6.07, 6.45) is 1.59. The highest BCUT2D eigenvalue weighted by Crippen LogP contribution is 2.15. The molecule has 0 unspecified atom stereocenters. The van der Waals surface area contributed by atoms with Gasteiger partial charge in [0.25, 0.3) is 0 Å². The molecule has 1 atom stereocenters. The second kappa shape index (κ2) is 5.46. The molecule has 2 rings (SSSR count). The summed E-state index contributed by atoms with van der Waals surface area (Å²) in [6.45, 7) is 1.68. The van der Waals surface area contributed by atoms with Crippen LogP contribution in [-0.4, -0.2) is 13.4 Å². The Morgan fingerprint density at radius 1 is 1.21 bits per heavy atom. The maximum absolute atomic E-state index is 13.1. The molecule has 0 amide bonds. The number of halogens is 1. The van der Waals surface area contributed by atoms with Gasteiger partial charge in [0.2, 0.25) is 10.0 Å². The molecule has 1 aromatic heterocycles. The molecule has 0 bridgehead atoms. The quantitative estimate of drug-likeness (QED) is 0.934. The average molecular weight is 280 g/mol. The zero-order valence-corrected chi connectivity index (χ0v) is 11.1. The van der Waals surface area contributed by atoms with Crippen LogP contribution in [0.1, 0.15) is 18.7 Å². The zero-order valence-electron chi connectivity index (χ0n) is 10.2. The molecule has 1 aromatic carbocycles. The highest BCUT2D eigenvalue weighted by Gasteiger charge is 2.19. The minimum atomic E-state index is -3.76. The van der Waals surface area contributed by atoms with Gasteiger partial charge in [-0.3, -0.25) is 4.98 Å². The van der Waals surface area contributed by atoms with Crippen molar-refractivity contribution in [1.29, 1.82) is 0 Å². The van der Waals surface area contributed by atoms with Gasteiger partial charge >= 0.3 is 0 Å². The number of benzene rings is 1. The van der Waals surface area contributed by atoms with Crippen molar-refractivity contribution in [3.05, 3.63) is 60.2 Å². The molecule has 0 fully saturated rings. The molecular weight excluding hydrogens is 267 g/mol. The first-order valence-electron chi connectivity index (χ1n) is 5.68. The second-order valence-electron chi connectivity index (χ2n) is 4.05. The summed E-state index contributed by atoms with van der Waals surface area (Å²) in [6, 6.07) is 9.63. The van der Waals surface area contributed by atoms with Crippen molar-refractivity contribution in [2.45, 2.75) is 17.9 Å². The van der Waals surface area contributed by atoms with E-state index in [1.165, 1.54) is 18.2 Å². The Morgan fingerprint density at radius 2 is 2.00 bits per heavy atom. The van der Waals surface area contributed by atoms with Crippen molar-refractivity contribution >= 4 is 10.0 Å². The fourth-order valence-electron chi connectivity index (χ4n) is 1.63.